The van der Waals surface area contributed by atoms with E-state index in [4.69, 9.17) is 4.42 Å². The van der Waals surface area contributed by atoms with E-state index in [0.29, 0.717) is 5.92 Å². The lowest BCUT2D eigenvalue weighted by molar-refractivity contribution is -0.130. The van der Waals surface area contributed by atoms with Crippen molar-refractivity contribution in [3.8, 4) is 0 Å². The highest BCUT2D eigenvalue weighted by Crippen LogP contribution is 2.40. The first-order valence-corrected chi connectivity index (χ1v) is 9.78. The summed E-state index contributed by atoms with van der Waals surface area (Å²) in [6.45, 7) is 4.41. The van der Waals surface area contributed by atoms with E-state index in [0.717, 1.165) is 16.7 Å². The van der Waals surface area contributed by atoms with Crippen LogP contribution in [0.25, 0.3) is 0 Å². The number of carbonyl (C=O) groups is 2. The summed E-state index contributed by atoms with van der Waals surface area (Å²) in [6, 6.07) is 13.8. The fourth-order valence-electron chi connectivity index (χ4n) is 3.69. The molecule has 0 unspecified atom stereocenters. The third kappa shape index (κ3) is 3.52. The van der Waals surface area contributed by atoms with Gasteiger partial charge in [-0.05, 0) is 40.8 Å². The molecule has 0 radical (unpaired) electrons. The number of aliphatic hydroxyl groups excluding tert-OH is 1. The van der Waals surface area contributed by atoms with Crippen molar-refractivity contribution in [2.45, 2.75) is 32.4 Å². The number of Topliss-reactive ketones (excluding diaryl/α,β-unsaturated/α-hetero) is 1. The van der Waals surface area contributed by atoms with Crippen LogP contribution in [0.5, 0.6) is 0 Å². The number of rotatable bonds is 6. The Labute approximate surface area is 174 Å². The smallest absolute Gasteiger partial charge is 0.290 e. The van der Waals surface area contributed by atoms with Crippen LogP contribution in [0.4, 0.5) is 0 Å². The second kappa shape index (κ2) is 7.99. The van der Waals surface area contributed by atoms with Crippen molar-refractivity contribution in [2.75, 3.05) is 0 Å². The van der Waals surface area contributed by atoms with Gasteiger partial charge in [0.1, 0.15) is 0 Å². The van der Waals surface area contributed by atoms with Crippen LogP contribution in [0.1, 0.15) is 53.1 Å². The number of ketones is 1. The van der Waals surface area contributed by atoms with E-state index < -0.39 is 23.5 Å². The predicted molar refractivity (Wildman–Crippen MR) is 111 cm³/mol. The minimum Gasteiger partial charge on any atom is -0.503 e. The van der Waals surface area contributed by atoms with Gasteiger partial charge >= 0.3 is 0 Å². The van der Waals surface area contributed by atoms with Crippen LogP contribution in [-0.2, 0) is 11.3 Å². The molecule has 6 nitrogen and oxygen atoms in total. The monoisotopic (exact) mass is 402 g/mol. The maximum atomic E-state index is 13.1. The van der Waals surface area contributed by atoms with Gasteiger partial charge in [0.05, 0.1) is 17.9 Å². The van der Waals surface area contributed by atoms with Gasteiger partial charge in [-0.25, -0.2) is 0 Å². The Morgan fingerprint density at radius 2 is 1.93 bits per heavy atom. The molecule has 0 saturated carbocycles. The summed E-state index contributed by atoms with van der Waals surface area (Å²) in [7, 11) is 0. The summed E-state index contributed by atoms with van der Waals surface area (Å²) in [6.07, 6.45) is 4.70. The lowest BCUT2D eigenvalue weighted by Crippen LogP contribution is -2.30. The molecule has 0 bridgehead atoms. The van der Waals surface area contributed by atoms with Crippen LogP contribution >= 0.6 is 0 Å². The zero-order valence-corrected chi connectivity index (χ0v) is 16.8. The number of aliphatic hydroxyl groups is 1. The average molecular weight is 402 g/mol. The number of nitrogens with zero attached hydrogens (tertiary/aromatic N) is 2. The number of hydrogen-bond acceptors (Lipinski definition) is 5. The summed E-state index contributed by atoms with van der Waals surface area (Å²) in [5.41, 5.74) is 2.72. The van der Waals surface area contributed by atoms with Crippen LogP contribution in [0, 0.1) is 0 Å². The molecule has 3 aromatic rings. The van der Waals surface area contributed by atoms with Crippen LogP contribution < -0.4 is 0 Å². The zero-order valence-electron chi connectivity index (χ0n) is 16.8. The molecule has 6 heteroatoms. The SMILES string of the molecule is CC(C)c1ccc([C@@H]2C(C(=O)c3ccco3)=C(O)C(=O)N2Cc2cccnc2)cc1. The van der Waals surface area contributed by atoms with Gasteiger partial charge in [0.15, 0.2) is 11.5 Å². The molecule has 1 atom stereocenters. The van der Waals surface area contributed by atoms with Crippen LogP contribution in [0.15, 0.2) is 82.9 Å². The highest BCUT2D eigenvalue weighted by molar-refractivity contribution is 6.14. The Morgan fingerprint density at radius 1 is 1.17 bits per heavy atom. The van der Waals surface area contributed by atoms with Gasteiger partial charge in [0, 0.05) is 18.9 Å². The molecule has 0 spiro atoms. The average Bonchev–Trinajstić information content (AvgIpc) is 3.37. The van der Waals surface area contributed by atoms with Crippen LogP contribution in [-0.4, -0.2) is 26.7 Å². The van der Waals surface area contributed by atoms with Crippen molar-refractivity contribution in [2.24, 2.45) is 0 Å². The first kappa shape index (κ1) is 19.6. The van der Waals surface area contributed by atoms with E-state index in [9.17, 15) is 14.7 Å². The Morgan fingerprint density at radius 3 is 2.53 bits per heavy atom. The number of pyridine rings is 1. The molecule has 30 heavy (non-hydrogen) atoms. The first-order chi connectivity index (χ1) is 14.5. The second-order valence-corrected chi connectivity index (χ2v) is 7.59. The minimum atomic E-state index is -0.725. The van der Waals surface area contributed by atoms with Crippen molar-refractivity contribution < 1.29 is 19.1 Å². The third-order valence-electron chi connectivity index (χ3n) is 5.29. The highest BCUT2D eigenvalue weighted by atomic mass is 16.3. The second-order valence-electron chi connectivity index (χ2n) is 7.59. The maximum Gasteiger partial charge on any atom is 0.290 e. The summed E-state index contributed by atoms with van der Waals surface area (Å²) in [4.78, 5) is 31.7. The molecule has 1 aromatic carbocycles. The molecular formula is C24H22N2O4. The van der Waals surface area contributed by atoms with Crippen molar-refractivity contribution >= 4 is 11.7 Å². The van der Waals surface area contributed by atoms with E-state index in [-0.39, 0.29) is 17.9 Å². The molecule has 3 heterocycles. The maximum absolute atomic E-state index is 13.1. The molecule has 0 aliphatic carbocycles. The minimum absolute atomic E-state index is 0.0242. The predicted octanol–water partition coefficient (Wildman–Crippen LogP) is 4.58. The summed E-state index contributed by atoms with van der Waals surface area (Å²) >= 11 is 0. The third-order valence-corrected chi connectivity index (χ3v) is 5.29. The Hall–Kier alpha value is -3.67. The largest absolute Gasteiger partial charge is 0.503 e. The topological polar surface area (TPSA) is 83.6 Å². The van der Waals surface area contributed by atoms with Gasteiger partial charge in [0.2, 0.25) is 5.78 Å². The Bertz CT molecular complexity index is 1080. The first-order valence-electron chi connectivity index (χ1n) is 9.78. The number of carbonyl (C=O) groups excluding carboxylic acids is 2. The van der Waals surface area contributed by atoms with Gasteiger partial charge in [-0.15, -0.1) is 0 Å². The zero-order chi connectivity index (χ0) is 21.3. The summed E-state index contributed by atoms with van der Waals surface area (Å²) < 4.78 is 5.24. The van der Waals surface area contributed by atoms with Crippen molar-refractivity contribution in [1.29, 1.82) is 0 Å². The van der Waals surface area contributed by atoms with Crippen molar-refractivity contribution in [1.82, 2.24) is 9.88 Å². The quantitative estimate of drug-likeness (QED) is 0.610. The molecule has 1 aliphatic rings. The molecule has 152 valence electrons. The number of benzene rings is 1. The van der Waals surface area contributed by atoms with Crippen LogP contribution in [0.2, 0.25) is 0 Å². The number of hydrogen-bond donors (Lipinski definition) is 1. The van der Waals surface area contributed by atoms with E-state index >= 15 is 0 Å². The Kier molecular flexibility index (Phi) is 5.23. The van der Waals surface area contributed by atoms with E-state index in [1.807, 2.05) is 30.3 Å². The van der Waals surface area contributed by atoms with E-state index in [1.165, 1.54) is 17.2 Å². The van der Waals surface area contributed by atoms with E-state index in [2.05, 4.69) is 18.8 Å². The van der Waals surface area contributed by atoms with Crippen LogP contribution in [0.3, 0.4) is 0 Å². The van der Waals surface area contributed by atoms with Crippen molar-refractivity contribution in [3.63, 3.8) is 0 Å². The number of aromatic nitrogens is 1. The highest BCUT2D eigenvalue weighted by Gasteiger charge is 2.44. The standard InChI is InChI=1S/C24H22N2O4/c1-15(2)17-7-9-18(10-8-17)21-20(22(27)19-6-4-12-30-19)23(28)24(29)26(21)14-16-5-3-11-25-13-16/h3-13,15,21,28H,14H2,1-2H3/t21-/m1/s1. The summed E-state index contributed by atoms with van der Waals surface area (Å²) in [5.74, 6) is -1.21. The van der Waals surface area contributed by atoms with Crippen molar-refractivity contribution in [3.05, 3.63) is 101 Å². The molecule has 2 aromatic heterocycles. The van der Waals surface area contributed by atoms with Gasteiger partial charge in [-0.3, -0.25) is 14.6 Å². The van der Waals surface area contributed by atoms with E-state index in [1.54, 1.807) is 24.5 Å². The fraction of sp³-hybridized carbons (Fsp3) is 0.208. The van der Waals surface area contributed by atoms with Gasteiger partial charge < -0.3 is 14.4 Å². The molecule has 0 fully saturated rings. The normalized spacial score (nSPS) is 16.6. The molecule has 4 rings (SSSR count). The number of amides is 1. The molecule has 1 aliphatic heterocycles. The van der Waals surface area contributed by atoms with Gasteiger partial charge in [-0.2, -0.15) is 0 Å². The molecule has 1 amide bonds. The fourth-order valence-corrected chi connectivity index (χ4v) is 3.69. The van der Waals surface area contributed by atoms with Gasteiger partial charge in [-0.1, -0.05) is 44.2 Å². The lowest BCUT2D eigenvalue weighted by Gasteiger charge is -2.27. The molecule has 1 N–H and O–H groups in total. The Balaban J connectivity index is 1.78. The van der Waals surface area contributed by atoms with Gasteiger partial charge in [0.25, 0.3) is 5.91 Å². The summed E-state index contributed by atoms with van der Waals surface area (Å²) in [5, 5.41) is 10.7. The molecule has 0 saturated heterocycles. The lowest BCUT2D eigenvalue weighted by atomic mass is 9.93. The molecular weight excluding hydrogens is 380 g/mol. The number of furan rings is 1.